The van der Waals surface area contributed by atoms with E-state index in [1.807, 2.05) is 31.2 Å². The number of benzene rings is 1. The lowest BCUT2D eigenvalue weighted by Crippen LogP contribution is -2.47. The summed E-state index contributed by atoms with van der Waals surface area (Å²) in [7, 11) is 3.83. The van der Waals surface area contributed by atoms with Crippen molar-refractivity contribution < 1.29 is 4.74 Å². The zero-order valence-electron chi connectivity index (χ0n) is 13.9. The molecule has 1 aromatic heterocycles. The molecule has 3 rings (SSSR count). The fraction of sp³-hybridized carbons (Fsp3) is 0.529. The molecular weight excluding hydrogens is 278 g/mol. The second-order valence-electron chi connectivity index (χ2n) is 5.73. The summed E-state index contributed by atoms with van der Waals surface area (Å²) in [5.41, 5.74) is 0.846. The highest BCUT2D eigenvalue weighted by atomic mass is 16.5. The second kappa shape index (κ2) is 7.51. The van der Waals surface area contributed by atoms with Crippen molar-refractivity contribution in [2.45, 2.75) is 26.3 Å². The van der Waals surface area contributed by atoms with Gasteiger partial charge in [0.1, 0.15) is 0 Å². The molecule has 0 bridgehead atoms. The molecule has 5 nitrogen and oxygen atoms in total. The topological polar surface area (TPSA) is 47.4 Å². The minimum Gasteiger partial charge on any atom is -0.378 e. The lowest BCUT2D eigenvalue weighted by molar-refractivity contribution is -0.0557. The smallest absolute Gasteiger partial charge is 0.274 e. The van der Waals surface area contributed by atoms with Crippen LogP contribution < -0.4 is 5.56 Å². The van der Waals surface area contributed by atoms with Crippen LogP contribution in [0.4, 0.5) is 0 Å². The molecule has 1 fully saturated rings. The summed E-state index contributed by atoms with van der Waals surface area (Å²) in [4.78, 5) is 13.9. The molecular formula is C17H25N3O2. The van der Waals surface area contributed by atoms with E-state index >= 15 is 0 Å². The maximum Gasteiger partial charge on any atom is 0.274 e. The number of ether oxygens (including phenoxy) is 1. The average molecular weight is 303 g/mol. The van der Waals surface area contributed by atoms with Gasteiger partial charge in [0, 0.05) is 12.4 Å². The normalized spacial score (nSPS) is 14.6. The van der Waals surface area contributed by atoms with E-state index in [0.717, 1.165) is 29.7 Å². The van der Waals surface area contributed by atoms with Gasteiger partial charge in [-0.3, -0.25) is 9.69 Å². The Morgan fingerprint density at radius 3 is 2.50 bits per heavy atom. The zero-order chi connectivity index (χ0) is 16.1. The Balaban J connectivity index is 0.000000172. The Hall–Kier alpha value is -1.72. The van der Waals surface area contributed by atoms with Gasteiger partial charge in [-0.2, -0.15) is 5.10 Å². The monoisotopic (exact) mass is 303 g/mol. The van der Waals surface area contributed by atoms with E-state index in [0.29, 0.717) is 6.04 Å². The summed E-state index contributed by atoms with van der Waals surface area (Å²) in [6, 6.07) is 8.23. The number of nitrogens with zero attached hydrogens (tertiary/aromatic N) is 3. The Labute approximate surface area is 131 Å². The summed E-state index contributed by atoms with van der Waals surface area (Å²) >= 11 is 0. The Morgan fingerprint density at radius 1 is 1.32 bits per heavy atom. The maximum atomic E-state index is 11.6. The van der Waals surface area contributed by atoms with Crippen molar-refractivity contribution >= 4 is 10.8 Å². The highest BCUT2D eigenvalue weighted by Gasteiger charge is 2.21. The molecule has 0 amide bonds. The van der Waals surface area contributed by atoms with Crippen LogP contribution in [0.3, 0.4) is 0 Å². The molecule has 0 radical (unpaired) electrons. The third-order valence-corrected chi connectivity index (χ3v) is 3.96. The van der Waals surface area contributed by atoms with Crippen LogP contribution in [0, 0.1) is 6.92 Å². The zero-order valence-corrected chi connectivity index (χ0v) is 13.9. The van der Waals surface area contributed by atoms with Crippen LogP contribution in [0.1, 0.15) is 19.0 Å². The fourth-order valence-electron chi connectivity index (χ4n) is 2.50. The quantitative estimate of drug-likeness (QED) is 0.870. The molecule has 2 heterocycles. The summed E-state index contributed by atoms with van der Waals surface area (Å²) in [6.07, 6.45) is 1.24. The fourth-order valence-corrected chi connectivity index (χ4v) is 2.50. The summed E-state index contributed by atoms with van der Waals surface area (Å²) in [5, 5.41) is 5.78. The first-order valence-electron chi connectivity index (χ1n) is 7.75. The molecule has 22 heavy (non-hydrogen) atoms. The SMILES string of the molecule is CCCN(C)C1COC1.Cc1nn(C)c(=O)c2ccccc12. The van der Waals surface area contributed by atoms with Gasteiger partial charge in [-0.25, -0.2) is 4.68 Å². The van der Waals surface area contributed by atoms with E-state index in [1.54, 1.807) is 7.05 Å². The standard InChI is InChI=1S/C10H10N2O.C7H15NO/c1-7-8-5-3-4-6-9(8)10(13)12(2)11-7;1-3-4-8(2)7-5-9-6-7/h3-6H,1-2H3;7H,3-6H2,1-2H3. The molecule has 0 aliphatic carbocycles. The highest BCUT2D eigenvalue weighted by Crippen LogP contribution is 2.11. The van der Waals surface area contributed by atoms with Crippen LogP contribution in [0.5, 0.6) is 0 Å². The van der Waals surface area contributed by atoms with Gasteiger partial charge in [-0.05, 0) is 33.0 Å². The van der Waals surface area contributed by atoms with Gasteiger partial charge in [-0.1, -0.05) is 25.1 Å². The van der Waals surface area contributed by atoms with Crippen molar-refractivity contribution in [3.8, 4) is 0 Å². The molecule has 0 unspecified atom stereocenters. The molecule has 0 atom stereocenters. The van der Waals surface area contributed by atoms with E-state index in [9.17, 15) is 4.79 Å². The van der Waals surface area contributed by atoms with Gasteiger partial charge >= 0.3 is 0 Å². The van der Waals surface area contributed by atoms with Crippen molar-refractivity contribution in [3.63, 3.8) is 0 Å². The van der Waals surface area contributed by atoms with Crippen LogP contribution in [0.2, 0.25) is 0 Å². The van der Waals surface area contributed by atoms with E-state index in [1.165, 1.54) is 17.6 Å². The number of rotatable bonds is 3. The van der Waals surface area contributed by atoms with Crippen molar-refractivity contribution in [2.24, 2.45) is 7.05 Å². The molecule has 5 heteroatoms. The number of fused-ring (bicyclic) bond motifs is 1. The molecule has 1 aromatic carbocycles. The van der Waals surface area contributed by atoms with E-state index in [4.69, 9.17) is 4.74 Å². The van der Waals surface area contributed by atoms with Crippen LogP contribution in [0.15, 0.2) is 29.1 Å². The summed E-state index contributed by atoms with van der Waals surface area (Å²) < 4.78 is 6.43. The van der Waals surface area contributed by atoms with Crippen LogP contribution in [-0.4, -0.2) is 47.5 Å². The molecule has 0 saturated carbocycles. The first-order valence-corrected chi connectivity index (χ1v) is 7.75. The van der Waals surface area contributed by atoms with Gasteiger partial charge in [0.25, 0.3) is 5.56 Å². The molecule has 1 aliphatic heterocycles. The predicted molar refractivity (Wildman–Crippen MR) is 89.2 cm³/mol. The number of aromatic nitrogens is 2. The largest absolute Gasteiger partial charge is 0.378 e. The molecule has 1 aliphatic rings. The number of aryl methyl sites for hydroxylation is 2. The predicted octanol–water partition coefficient (Wildman–Crippen LogP) is 1.97. The minimum absolute atomic E-state index is 0.0406. The number of hydrogen-bond acceptors (Lipinski definition) is 4. The van der Waals surface area contributed by atoms with Crippen molar-refractivity contribution in [3.05, 3.63) is 40.3 Å². The number of hydrogen-bond donors (Lipinski definition) is 0. The van der Waals surface area contributed by atoms with Crippen molar-refractivity contribution in [1.82, 2.24) is 14.7 Å². The second-order valence-corrected chi connectivity index (χ2v) is 5.73. The van der Waals surface area contributed by atoms with E-state index < -0.39 is 0 Å². The lowest BCUT2D eigenvalue weighted by atomic mass is 10.1. The highest BCUT2D eigenvalue weighted by molar-refractivity contribution is 5.83. The first kappa shape index (κ1) is 16.6. The molecule has 2 aromatic rings. The first-order chi connectivity index (χ1) is 10.5. The van der Waals surface area contributed by atoms with Crippen LogP contribution in [0.25, 0.3) is 10.8 Å². The van der Waals surface area contributed by atoms with Gasteiger partial charge in [0.15, 0.2) is 0 Å². The van der Waals surface area contributed by atoms with Crippen molar-refractivity contribution in [2.75, 3.05) is 26.8 Å². The summed E-state index contributed by atoms with van der Waals surface area (Å²) in [6.45, 7) is 7.19. The minimum atomic E-state index is -0.0406. The van der Waals surface area contributed by atoms with E-state index in [-0.39, 0.29) is 5.56 Å². The Bertz CT molecular complexity index is 677. The maximum absolute atomic E-state index is 11.6. The number of likely N-dealkylation sites (N-methyl/N-ethyl adjacent to an activating group) is 1. The Kier molecular flexibility index (Phi) is 5.69. The molecule has 120 valence electrons. The van der Waals surface area contributed by atoms with Gasteiger partial charge in [0.2, 0.25) is 0 Å². The van der Waals surface area contributed by atoms with Gasteiger partial charge in [0.05, 0.1) is 30.3 Å². The Morgan fingerprint density at radius 2 is 1.95 bits per heavy atom. The molecule has 0 spiro atoms. The molecule has 0 N–H and O–H groups in total. The van der Waals surface area contributed by atoms with E-state index in [2.05, 4.69) is 24.0 Å². The third-order valence-electron chi connectivity index (χ3n) is 3.96. The van der Waals surface area contributed by atoms with Gasteiger partial charge < -0.3 is 4.74 Å². The van der Waals surface area contributed by atoms with Crippen LogP contribution in [-0.2, 0) is 11.8 Å². The molecule has 1 saturated heterocycles. The van der Waals surface area contributed by atoms with Gasteiger partial charge in [-0.15, -0.1) is 0 Å². The van der Waals surface area contributed by atoms with Crippen LogP contribution >= 0.6 is 0 Å². The van der Waals surface area contributed by atoms with Crippen molar-refractivity contribution in [1.29, 1.82) is 0 Å². The average Bonchev–Trinajstić information content (AvgIpc) is 2.44. The lowest BCUT2D eigenvalue weighted by Gasteiger charge is -2.34. The summed E-state index contributed by atoms with van der Waals surface area (Å²) in [5.74, 6) is 0. The third kappa shape index (κ3) is 3.72.